The largest absolute Gasteiger partial charge is 0.481 e. The molecule has 0 radical (unpaired) electrons. The zero-order valence-corrected chi connectivity index (χ0v) is 27.7. The van der Waals surface area contributed by atoms with Crippen LogP contribution in [0.2, 0.25) is 0 Å². The van der Waals surface area contributed by atoms with Gasteiger partial charge in [0.1, 0.15) is 5.82 Å². The molecule has 11 atom stereocenters. The van der Waals surface area contributed by atoms with Crippen LogP contribution in [0.4, 0.5) is 0 Å². The summed E-state index contributed by atoms with van der Waals surface area (Å²) in [5.74, 6) is 1.27. The summed E-state index contributed by atoms with van der Waals surface area (Å²) in [4.78, 5) is 13.3. The lowest BCUT2D eigenvalue weighted by Gasteiger charge is -2.71. The smallest absolute Gasteiger partial charge is 0.307 e. The molecule has 9 heteroatoms. The molecule has 240 valence electrons. The van der Waals surface area contributed by atoms with Crippen molar-refractivity contribution < 1.29 is 19.4 Å². The van der Waals surface area contributed by atoms with Gasteiger partial charge in [0.05, 0.1) is 37.9 Å². The number of aliphatic carboxylic acids is 1. The van der Waals surface area contributed by atoms with E-state index in [1.54, 1.807) is 0 Å². The Hall–Kier alpha value is -1.84. The minimum Gasteiger partial charge on any atom is -0.481 e. The number of carbonyl (C=O) groups is 1. The molecule has 1 aromatic rings. The predicted molar refractivity (Wildman–Crippen MR) is 164 cm³/mol. The van der Waals surface area contributed by atoms with E-state index in [4.69, 9.17) is 15.2 Å². The van der Waals surface area contributed by atoms with Crippen molar-refractivity contribution in [2.45, 2.75) is 106 Å². The van der Waals surface area contributed by atoms with Gasteiger partial charge in [-0.05, 0) is 95.8 Å². The fourth-order valence-corrected chi connectivity index (χ4v) is 11.9. The average Bonchev–Trinajstić information content (AvgIpc) is 3.37. The van der Waals surface area contributed by atoms with Gasteiger partial charge in [-0.15, -0.1) is 5.10 Å². The topological polar surface area (TPSA) is 125 Å². The molecule has 2 heterocycles. The second-order valence-corrected chi connectivity index (χ2v) is 16.4. The number of allylic oxidation sites excluding steroid dienone is 1. The van der Waals surface area contributed by atoms with Gasteiger partial charge in [0, 0.05) is 17.4 Å². The zero-order chi connectivity index (χ0) is 31.2. The average molecular weight is 598 g/mol. The van der Waals surface area contributed by atoms with Crippen molar-refractivity contribution in [1.82, 2.24) is 20.2 Å². The third kappa shape index (κ3) is 4.05. The number of nitrogens with zero attached hydrogens (tertiary/aromatic N) is 4. The summed E-state index contributed by atoms with van der Waals surface area (Å²) in [5, 5.41) is 23.7. The number of fused-ring (bicyclic) bond motifs is 3. The van der Waals surface area contributed by atoms with Crippen LogP contribution in [0, 0.1) is 63.6 Å². The summed E-state index contributed by atoms with van der Waals surface area (Å²) >= 11 is 0. The van der Waals surface area contributed by atoms with Crippen LogP contribution in [-0.4, -0.2) is 63.8 Å². The number of nitrogens with two attached hydrogens (primary N) is 1. The second kappa shape index (κ2) is 10.3. The number of aromatic nitrogens is 4. The summed E-state index contributed by atoms with van der Waals surface area (Å²) < 4.78 is 15.2. The van der Waals surface area contributed by atoms with Crippen LogP contribution in [0.1, 0.15) is 98.9 Å². The van der Waals surface area contributed by atoms with E-state index in [2.05, 4.69) is 70.1 Å². The summed E-state index contributed by atoms with van der Waals surface area (Å²) in [6.07, 6.45) is 8.22. The molecule has 5 aliphatic rings. The lowest BCUT2D eigenvalue weighted by atomic mass is 9.34. The molecule has 0 spiro atoms. The summed E-state index contributed by atoms with van der Waals surface area (Å²) in [6, 6.07) is -0.0271. The highest BCUT2D eigenvalue weighted by Crippen LogP contribution is 2.75. The van der Waals surface area contributed by atoms with Gasteiger partial charge in [0.2, 0.25) is 0 Å². The van der Waals surface area contributed by atoms with Crippen molar-refractivity contribution in [3.63, 3.8) is 0 Å². The van der Waals surface area contributed by atoms with Crippen molar-refractivity contribution >= 4 is 5.97 Å². The summed E-state index contributed by atoms with van der Waals surface area (Å²) in [6.45, 7) is 20.4. The third-order valence-electron chi connectivity index (χ3n) is 14.5. The first-order valence-electron chi connectivity index (χ1n) is 16.8. The lowest BCUT2D eigenvalue weighted by Crippen LogP contribution is -2.69. The zero-order valence-electron chi connectivity index (χ0n) is 27.7. The Morgan fingerprint density at radius 2 is 1.91 bits per heavy atom. The molecular weight excluding hydrogens is 542 g/mol. The molecule has 0 unspecified atom stereocenters. The van der Waals surface area contributed by atoms with Crippen molar-refractivity contribution in [3.05, 3.63) is 17.5 Å². The van der Waals surface area contributed by atoms with E-state index in [0.717, 1.165) is 44.3 Å². The number of hydrogen-bond acceptors (Lipinski definition) is 7. The van der Waals surface area contributed by atoms with E-state index in [1.165, 1.54) is 5.57 Å². The van der Waals surface area contributed by atoms with Crippen molar-refractivity contribution in [2.75, 3.05) is 26.4 Å². The Bertz CT molecular complexity index is 1280. The molecule has 0 amide bonds. The van der Waals surface area contributed by atoms with Crippen LogP contribution < -0.4 is 5.73 Å². The van der Waals surface area contributed by atoms with E-state index in [1.807, 2.05) is 11.6 Å². The number of tetrazole rings is 1. The number of hydrogen-bond donors (Lipinski definition) is 2. The second-order valence-electron chi connectivity index (χ2n) is 16.4. The van der Waals surface area contributed by atoms with Gasteiger partial charge in [-0.2, -0.15) is 0 Å². The third-order valence-corrected chi connectivity index (χ3v) is 14.5. The van der Waals surface area contributed by atoms with Gasteiger partial charge in [-0.25, -0.2) is 4.68 Å². The highest BCUT2D eigenvalue weighted by atomic mass is 16.5. The van der Waals surface area contributed by atoms with Gasteiger partial charge >= 0.3 is 5.97 Å². The maximum absolute atomic E-state index is 13.3. The molecule has 2 bridgehead atoms. The predicted octanol–water partition coefficient (Wildman–Crippen LogP) is 5.46. The van der Waals surface area contributed by atoms with Crippen LogP contribution >= 0.6 is 0 Å². The van der Waals surface area contributed by atoms with Crippen molar-refractivity contribution in [3.8, 4) is 0 Å². The molecule has 3 saturated carbocycles. The Kier molecular flexibility index (Phi) is 7.49. The van der Waals surface area contributed by atoms with Crippen molar-refractivity contribution in [1.29, 1.82) is 0 Å². The maximum Gasteiger partial charge on any atom is 0.307 e. The number of carboxylic acids is 1. The van der Waals surface area contributed by atoms with Crippen LogP contribution in [0.25, 0.3) is 0 Å². The molecule has 0 aromatic carbocycles. The summed E-state index contributed by atoms with van der Waals surface area (Å²) in [7, 11) is 0. The van der Waals surface area contributed by atoms with E-state index in [0.29, 0.717) is 50.0 Å². The molecule has 4 fully saturated rings. The summed E-state index contributed by atoms with van der Waals surface area (Å²) in [5.41, 5.74) is 6.40. The van der Waals surface area contributed by atoms with Crippen LogP contribution in [0.15, 0.2) is 11.6 Å². The molecule has 1 aliphatic heterocycles. The SMILES string of the molecule is Cc1nnnn1[C@@H]1C[C@@]23COC[C@](C)([C@@H]2CC[C@H]2C3=CC[C@@]3(C)[C@H](C(=O)O)[C@@](C)([C@H](C)C(C)C)CC[C@]23C)[C@H]1OCCN. The van der Waals surface area contributed by atoms with E-state index >= 15 is 0 Å². The van der Waals surface area contributed by atoms with Crippen LogP contribution in [-0.2, 0) is 14.3 Å². The number of aryl methyl sites for hydroxylation is 1. The minimum absolute atomic E-state index is 0.0271. The van der Waals surface area contributed by atoms with Gasteiger partial charge in [0.15, 0.2) is 0 Å². The molecule has 6 rings (SSSR count). The van der Waals surface area contributed by atoms with Gasteiger partial charge in [-0.1, -0.05) is 60.1 Å². The first kappa shape index (κ1) is 31.2. The minimum atomic E-state index is -0.618. The number of ether oxygens (including phenoxy) is 2. The molecule has 9 nitrogen and oxygen atoms in total. The first-order valence-corrected chi connectivity index (χ1v) is 16.8. The van der Waals surface area contributed by atoms with E-state index < -0.39 is 11.9 Å². The molecule has 43 heavy (non-hydrogen) atoms. The molecular formula is C34H55N5O4. The highest BCUT2D eigenvalue weighted by molar-refractivity contribution is 5.73. The van der Waals surface area contributed by atoms with Crippen molar-refractivity contribution in [2.24, 2.45) is 62.4 Å². The molecule has 1 saturated heterocycles. The first-order chi connectivity index (χ1) is 20.2. The van der Waals surface area contributed by atoms with E-state index in [9.17, 15) is 9.90 Å². The van der Waals surface area contributed by atoms with Gasteiger partial charge in [-0.3, -0.25) is 4.79 Å². The Labute approximate surface area is 257 Å². The highest BCUT2D eigenvalue weighted by Gasteiger charge is 2.72. The number of rotatable bonds is 7. The lowest BCUT2D eigenvalue weighted by molar-refractivity contribution is -0.250. The number of carboxylic acid groups (broad SMARTS) is 1. The normalized spacial score (nSPS) is 46.4. The molecule has 3 N–H and O–H groups in total. The Balaban J connectivity index is 1.47. The van der Waals surface area contributed by atoms with E-state index in [-0.39, 0.29) is 39.2 Å². The Morgan fingerprint density at radius 3 is 2.53 bits per heavy atom. The quantitative estimate of drug-likeness (QED) is 0.397. The fourth-order valence-electron chi connectivity index (χ4n) is 11.9. The van der Waals surface area contributed by atoms with Gasteiger partial charge in [0.25, 0.3) is 0 Å². The standard InChI is InChI=1S/C34H55N5O4/c1-20(2)21(3)30(5)13-14-32(7)23-9-10-26-31(6)18-42-19-34(26,24(23)11-12-33(32,8)27(30)29(40)41)17-25(28(31)43-16-15-35)39-22(4)36-37-38-39/h11,20-21,23,25-28H,9-10,12-19,35H2,1-8H3,(H,40,41)/t21-,23+,25-,26+,27-,28+,30-,31-,32-,33+,34+/m1/s1. The fraction of sp³-hybridized carbons (Fsp3) is 0.882. The molecule has 1 aromatic heterocycles. The maximum atomic E-state index is 13.3. The van der Waals surface area contributed by atoms with Gasteiger partial charge < -0.3 is 20.3 Å². The van der Waals surface area contributed by atoms with Crippen LogP contribution in [0.5, 0.6) is 0 Å². The monoisotopic (exact) mass is 597 g/mol. The Morgan fingerprint density at radius 1 is 1.16 bits per heavy atom. The molecule has 4 aliphatic carbocycles. The van der Waals surface area contributed by atoms with Crippen LogP contribution in [0.3, 0.4) is 0 Å².